The van der Waals surface area contributed by atoms with Gasteiger partial charge in [-0.05, 0) is 37.1 Å². The molecule has 0 bridgehead atoms. The molecule has 0 radical (unpaired) electrons. The molecule has 0 saturated carbocycles. The maximum absolute atomic E-state index is 9.41. The Morgan fingerprint density at radius 2 is 2.33 bits per heavy atom. The van der Waals surface area contributed by atoms with E-state index in [-0.39, 0.29) is 0 Å². The highest BCUT2D eigenvalue weighted by molar-refractivity contribution is 5.29. The Hall–Kier alpha value is -1.06. The molecule has 1 aliphatic rings. The van der Waals surface area contributed by atoms with E-state index in [1.807, 2.05) is 18.2 Å². The van der Waals surface area contributed by atoms with E-state index in [1.165, 1.54) is 0 Å². The molecular weight excluding hydrogens is 190 g/mol. The molecule has 1 aromatic rings. The highest BCUT2D eigenvalue weighted by Gasteiger charge is 2.22. The number of piperidine rings is 1. The lowest BCUT2D eigenvalue weighted by Gasteiger charge is -2.29. The van der Waals surface area contributed by atoms with Crippen LogP contribution in [0.3, 0.4) is 0 Å². The van der Waals surface area contributed by atoms with Crippen molar-refractivity contribution in [1.82, 2.24) is 5.32 Å². The topological polar surface area (TPSA) is 41.5 Å². The number of nitrogens with one attached hydrogen (secondary N) is 1. The van der Waals surface area contributed by atoms with Gasteiger partial charge in [-0.25, -0.2) is 0 Å². The predicted octanol–water partition coefficient (Wildman–Crippen LogP) is 1.83. The molecular formula is C12H17NO2. The zero-order chi connectivity index (χ0) is 10.7. The van der Waals surface area contributed by atoms with Crippen molar-refractivity contribution in [3.05, 3.63) is 29.8 Å². The van der Waals surface area contributed by atoms with Crippen molar-refractivity contribution < 1.29 is 9.84 Å². The summed E-state index contributed by atoms with van der Waals surface area (Å²) in [5.41, 5.74) is 1.14. The van der Waals surface area contributed by atoms with E-state index in [1.54, 1.807) is 13.2 Å². The van der Waals surface area contributed by atoms with Gasteiger partial charge in [-0.3, -0.25) is 0 Å². The molecule has 1 heterocycles. The molecule has 2 unspecified atom stereocenters. The standard InChI is InChI=1S/C12H17NO2/c1-15-11-5-6-13-12(8-11)9-3-2-4-10(14)7-9/h2-4,7,11-14H,5-6,8H2,1H3. The molecule has 2 rings (SSSR count). The van der Waals surface area contributed by atoms with E-state index < -0.39 is 0 Å². The summed E-state index contributed by atoms with van der Waals surface area (Å²) in [6.45, 7) is 0.971. The van der Waals surface area contributed by atoms with Crippen molar-refractivity contribution in [3.63, 3.8) is 0 Å². The minimum Gasteiger partial charge on any atom is -0.508 e. The summed E-state index contributed by atoms with van der Waals surface area (Å²) >= 11 is 0. The second kappa shape index (κ2) is 4.64. The van der Waals surface area contributed by atoms with Gasteiger partial charge in [0.05, 0.1) is 6.10 Å². The molecule has 0 spiro atoms. The maximum atomic E-state index is 9.41. The zero-order valence-corrected chi connectivity index (χ0v) is 8.94. The molecule has 0 aromatic heterocycles. The number of hydrogen-bond acceptors (Lipinski definition) is 3. The molecule has 3 heteroatoms. The highest BCUT2D eigenvalue weighted by atomic mass is 16.5. The average molecular weight is 207 g/mol. The van der Waals surface area contributed by atoms with Crippen LogP contribution in [0.25, 0.3) is 0 Å². The molecule has 0 amide bonds. The number of benzene rings is 1. The quantitative estimate of drug-likeness (QED) is 0.777. The Bertz CT molecular complexity index is 327. The van der Waals surface area contributed by atoms with Crippen LogP contribution in [0.4, 0.5) is 0 Å². The SMILES string of the molecule is COC1CCNC(c2cccc(O)c2)C1. The molecule has 3 nitrogen and oxygen atoms in total. The first-order valence-corrected chi connectivity index (χ1v) is 5.34. The van der Waals surface area contributed by atoms with E-state index >= 15 is 0 Å². The monoisotopic (exact) mass is 207 g/mol. The van der Waals surface area contributed by atoms with Crippen LogP contribution in [0.2, 0.25) is 0 Å². The molecule has 15 heavy (non-hydrogen) atoms. The third kappa shape index (κ3) is 2.49. The van der Waals surface area contributed by atoms with E-state index in [4.69, 9.17) is 4.74 Å². The molecule has 82 valence electrons. The van der Waals surface area contributed by atoms with Crippen molar-refractivity contribution in [1.29, 1.82) is 0 Å². The van der Waals surface area contributed by atoms with Gasteiger partial charge >= 0.3 is 0 Å². The predicted molar refractivity (Wildman–Crippen MR) is 58.9 cm³/mol. The van der Waals surface area contributed by atoms with Crippen molar-refractivity contribution in [3.8, 4) is 5.75 Å². The summed E-state index contributed by atoms with van der Waals surface area (Å²) in [6.07, 6.45) is 2.37. The van der Waals surface area contributed by atoms with Gasteiger partial charge in [0.15, 0.2) is 0 Å². The van der Waals surface area contributed by atoms with Gasteiger partial charge in [-0.1, -0.05) is 12.1 Å². The van der Waals surface area contributed by atoms with Crippen LogP contribution in [0.1, 0.15) is 24.4 Å². The summed E-state index contributed by atoms with van der Waals surface area (Å²) in [7, 11) is 1.76. The van der Waals surface area contributed by atoms with Gasteiger partial charge in [0, 0.05) is 13.2 Å². The Morgan fingerprint density at radius 3 is 3.07 bits per heavy atom. The molecule has 2 atom stereocenters. The van der Waals surface area contributed by atoms with Crippen LogP contribution in [0.15, 0.2) is 24.3 Å². The fourth-order valence-corrected chi connectivity index (χ4v) is 2.09. The molecule has 1 saturated heterocycles. The van der Waals surface area contributed by atoms with Crippen molar-refractivity contribution in [2.45, 2.75) is 25.0 Å². The van der Waals surface area contributed by atoms with Crippen LogP contribution in [-0.4, -0.2) is 24.9 Å². The van der Waals surface area contributed by atoms with Crippen molar-refractivity contribution in [2.24, 2.45) is 0 Å². The van der Waals surface area contributed by atoms with Crippen LogP contribution in [-0.2, 0) is 4.74 Å². The Morgan fingerprint density at radius 1 is 1.47 bits per heavy atom. The highest BCUT2D eigenvalue weighted by Crippen LogP contribution is 2.26. The number of aromatic hydroxyl groups is 1. The van der Waals surface area contributed by atoms with E-state index in [2.05, 4.69) is 5.32 Å². The Labute approximate surface area is 90.1 Å². The lowest BCUT2D eigenvalue weighted by atomic mass is 9.95. The number of methoxy groups -OCH3 is 1. The van der Waals surface area contributed by atoms with E-state index in [0.717, 1.165) is 24.9 Å². The fourth-order valence-electron chi connectivity index (χ4n) is 2.09. The molecule has 1 fully saturated rings. The average Bonchev–Trinajstić information content (AvgIpc) is 2.29. The second-order valence-corrected chi connectivity index (χ2v) is 3.98. The largest absolute Gasteiger partial charge is 0.508 e. The van der Waals surface area contributed by atoms with Gasteiger partial charge in [0.1, 0.15) is 5.75 Å². The number of phenolic OH excluding ortho intramolecular Hbond substituents is 1. The number of phenols is 1. The maximum Gasteiger partial charge on any atom is 0.115 e. The van der Waals surface area contributed by atoms with Crippen molar-refractivity contribution >= 4 is 0 Å². The molecule has 2 N–H and O–H groups in total. The molecule has 1 aliphatic heterocycles. The van der Waals surface area contributed by atoms with E-state index in [9.17, 15) is 5.11 Å². The summed E-state index contributed by atoms with van der Waals surface area (Å²) in [6, 6.07) is 7.73. The Balaban J connectivity index is 2.09. The normalized spacial score (nSPS) is 26.5. The van der Waals surface area contributed by atoms with E-state index in [0.29, 0.717) is 17.9 Å². The van der Waals surface area contributed by atoms with Gasteiger partial charge in [0.25, 0.3) is 0 Å². The number of hydrogen-bond donors (Lipinski definition) is 2. The number of ether oxygens (including phenoxy) is 1. The third-order valence-electron chi connectivity index (χ3n) is 2.96. The van der Waals surface area contributed by atoms with Crippen LogP contribution >= 0.6 is 0 Å². The first-order chi connectivity index (χ1) is 7.29. The minimum absolute atomic E-state index is 0.302. The summed E-state index contributed by atoms with van der Waals surface area (Å²) in [5.74, 6) is 0.328. The first kappa shape index (κ1) is 10.5. The summed E-state index contributed by atoms with van der Waals surface area (Å²) in [5, 5.41) is 12.8. The fraction of sp³-hybridized carbons (Fsp3) is 0.500. The van der Waals surface area contributed by atoms with Crippen LogP contribution in [0, 0.1) is 0 Å². The zero-order valence-electron chi connectivity index (χ0n) is 8.94. The molecule has 0 aliphatic carbocycles. The van der Waals surface area contributed by atoms with Crippen LogP contribution in [0.5, 0.6) is 5.75 Å². The van der Waals surface area contributed by atoms with Gasteiger partial charge < -0.3 is 15.2 Å². The van der Waals surface area contributed by atoms with Crippen LogP contribution < -0.4 is 5.32 Å². The minimum atomic E-state index is 0.302. The van der Waals surface area contributed by atoms with Gasteiger partial charge in [-0.15, -0.1) is 0 Å². The second-order valence-electron chi connectivity index (χ2n) is 3.98. The number of rotatable bonds is 2. The smallest absolute Gasteiger partial charge is 0.115 e. The summed E-state index contributed by atoms with van der Waals surface area (Å²) in [4.78, 5) is 0. The summed E-state index contributed by atoms with van der Waals surface area (Å²) < 4.78 is 5.37. The van der Waals surface area contributed by atoms with Crippen molar-refractivity contribution in [2.75, 3.05) is 13.7 Å². The Kier molecular flexibility index (Phi) is 3.23. The van der Waals surface area contributed by atoms with Gasteiger partial charge in [-0.2, -0.15) is 0 Å². The van der Waals surface area contributed by atoms with Gasteiger partial charge in [0.2, 0.25) is 0 Å². The first-order valence-electron chi connectivity index (χ1n) is 5.34. The lowest BCUT2D eigenvalue weighted by molar-refractivity contribution is 0.0619. The molecule has 1 aromatic carbocycles. The third-order valence-corrected chi connectivity index (χ3v) is 2.96. The lowest BCUT2D eigenvalue weighted by Crippen LogP contribution is -2.35.